The fourth-order valence-corrected chi connectivity index (χ4v) is 0.928. The van der Waals surface area contributed by atoms with E-state index in [4.69, 9.17) is 15.3 Å². The monoisotopic (exact) mass is 260 g/mol. The minimum absolute atomic E-state index is 0. The van der Waals surface area contributed by atoms with E-state index >= 15 is 0 Å². The van der Waals surface area contributed by atoms with E-state index < -0.39 is 36.4 Å². The van der Waals surface area contributed by atoms with Gasteiger partial charge >= 0.3 is 69.3 Å². The maximum absolute atomic E-state index is 10.7. The molecule has 0 amide bonds. The second kappa shape index (κ2) is 7.74. The maximum atomic E-state index is 10.7. The van der Waals surface area contributed by atoms with Gasteiger partial charge in [-0.15, -0.1) is 0 Å². The van der Waals surface area contributed by atoms with Crippen molar-refractivity contribution in [2.75, 3.05) is 0 Å². The van der Waals surface area contributed by atoms with Crippen LogP contribution in [0.15, 0.2) is 0 Å². The predicted molar refractivity (Wildman–Crippen MR) is 49.2 cm³/mol. The van der Waals surface area contributed by atoms with Crippen LogP contribution in [0.3, 0.4) is 0 Å². The second-order valence-electron chi connectivity index (χ2n) is 2.65. The van der Waals surface area contributed by atoms with Gasteiger partial charge in [0.2, 0.25) is 5.60 Å². The first-order valence-corrected chi connectivity index (χ1v) is 3.62. The Morgan fingerprint density at radius 1 is 1.06 bits per heavy atom. The molecule has 0 aromatic rings. The van der Waals surface area contributed by atoms with Crippen LogP contribution in [-0.2, 0) is 23.9 Å². The molecule has 0 unspecified atom stereocenters. The zero-order valence-corrected chi connectivity index (χ0v) is 7.37. The van der Waals surface area contributed by atoms with Crippen LogP contribution in [-0.4, -0.2) is 96.7 Å². The molecule has 86 valence electrons. The van der Waals surface area contributed by atoms with Gasteiger partial charge in [-0.2, -0.15) is 0 Å². The summed E-state index contributed by atoms with van der Waals surface area (Å²) in [5, 5.41) is 25.4. The number of carboxylic acid groups (broad SMARTS) is 3. The summed E-state index contributed by atoms with van der Waals surface area (Å²) in [7, 11) is 0. The molecule has 0 aromatic carbocycles. The average Bonchev–Trinajstić information content (AvgIpc) is 2.01. The Morgan fingerprint density at radius 2 is 1.44 bits per heavy atom. The van der Waals surface area contributed by atoms with E-state index in [1.807, 2.05) is 0 Å². The molecule has 0 rings (SSSR count). The molecule has 0 heterocycles. The Kier molecular flexibility index (Phi) is 8.65. The summed E-state index contributed by atoms with van der Waals surface area (Å²) >= 11 is 0. The van der Waals surface area contributed by atoms with E-state index in [0.717, 1.165) is 0 Å². The van der Waals surface area contributed by atoms with Crippen LogP contribution in [0.2, 0.25) is 0 Å². The fourth-order valence-electron chi connectivity index (χ4n) is 0.928. The molecule has 0 atom stereocenters. The molecule has 0 radical (unpaired) electrons. The molecule has 3 N–H and O–H groups in total. The summed E-state index contributed by atoms with van der Waals surface area (Å²) in [6.45, 7) is -0.292. The average molecular weight is 260 g/mol. The van der Waals surface area contributed by atoms with Gasteiger partial charge in [0.15, 0.2) is 0 Å². The Morgan fingerprint density at radius 3 is 1.62 bits per heavy atom. The molecule has 0 fully saturated rings. The SMILES string of the molecule is O=COC(CC(=O)O)(CC(=O)O)C(=O)O.[KH]. The number of carboxylic acids is 3. The minimum atomic E-state index is -2.56. The number of hydrogen-bond acceptors (Lipinski definition) is 5. The topological polar surface area (TPSA) is 138 Å². The van der Waals surface area contributed by atoms with Crippen LogP contribution in [0.5, 0.6) is 0 Å². The summed E-state index contributed by atoms with van der Waals surface area (Å²) in [6, 6.07) is 0. The molecule has 8 nitrogen and oxygen atoms in total. The van der Waals surface area contributed by atoms with Gasteiger partial charge in [0.1, 0.15) is 0 Å². The normalized spacial score (nSPS) is 9.75. The van der Waals surface area contributed by atoms with Gasteiger partial charge in [-0.3, -0.25) is 14.4 Å². The van der Waals surface area contributed by atoms with Crippen LogP contribution in [0.4, 0.5) is 0 Å². The van der Waals surface area contributed by atoms with Crippen molar-refractivity contribution in [2.45, 2.75) is 18.4 Å². The van der Waals surface area contributed by atoms with Crippen molar-refractivity contribution >= 4 is 75.8 Å². The van der Waals surface area contributed by atoms with E-state index in [1.165, 1.54) is 0 Å². The molecule has 0 aromatic heterocycles. The quantitative estimate of drug-likeness (QED) is 0.363. The number of carbonyl (C=O) groups is 4. The van der Waals surface area contributed by atoms with Crippen LogP contribution in [0.25, 0.3) is 0 Å². The molecule has 0 bridgehead atoms. The van der Waals surface area contributed by atoms with Gasteiger partial charge in [-0.25, -0.2) is 4.79 Å². The van der Waals surface area contributed by atoms with Crippen molar-refractivity contribution in [3.63, 3.8) is 0 Å². The predicted octanol–water partition coefficient (Wildman–Crippen LogP) is -1.72. The number of ether oxygens (including phenoxy) is 1. The van der Waals surface area contributed by atoms with Crippen molar-refractivity contribution in [3.05, 3.63) is 0 Å². The van der Waals surface area contributed by atoms with E-state index in [9.17, 15) is 19.2 Å². The van der Waals surface area contributed by atoms with Crippen LogP contribution in [0.1, 0.15) is 12.8 Å². The molecule has 0 saturated carbocycles. The molecule has 0 aliphatic heterocycles. The summed E-state index contributed by atoms with van der Waals surface area (Å²) in [4.78, 5) is 41.3. The van der Waals surface area contributed by atoms with Crippen molar-refractivity contribution in [2.24, 2.45) is 0 Å². The third-order valence-electron chi connectivity index (χ3n) is 1.54. The van der Waals surface area contributed by atoms with Gasteiger partial charge in [-0.05, 0) is 0 Å². The first-order chi connectivity index (χ1) is 6.84. The summed E-state index contributed by atoms with van der Waals surface area (Å²) < 4.78 is 4.07. The Labute approximate surface area is 132 Å². The number of hydrogen-bond donors (Lipinski definition) is 3. The van der Waals surface area contributed by atoms with E-state index in [1.54, 1.807) is 0 Å². The molecule has 0 saturated heterocycles. The third-order valence-corrected chi connectivity index (χ3v) is 1.54. The first-order valence-electron chi connectivity index (χ1n) is 3.62. The molecule has 16 heavy (non-hydrogen) atoms. The molecule has 0 aliphatic rings. The Hall–Kier alpha value is -0.484. The van der Waals surface area contributed by atoms with Gasteiger partial charge in [0.05, 0.1) is 12.8 Å². The second-order valence-corrected chi connectivity index (χ2v) is 2.65. The fraction of sp³-hybridized carbons (Fsp3) is 0.429. The van der Waals surface area contributed by atoms with Crippen LogP contribution >= 0.6 is 0 Å². The standard InChI is InChI=1S/C7H8O8.K.H/c8-3-15-7(6(13)14,1-4(9)10)2-5(11)12;;/h3H,1-2H2,(H,9,10)(H,11,12)(H,13,14);;. The van der Waals surface area contributed by atoms with Crippen molar-refractivity contribution in [1.82, 2.24) is 0 Å². The molecule has 9 heteroatoms. The van der Waals surface area contributed by atoms with Crippen molar-refractivity contribution in [1.29, 1.82) is 0 Å². The summed E-state index contributed by atoms with van der Waals surface area (Å²) in [6.07, 6.45) is -2.24. The molecule has 0 aliphatic carbocycles. The Bertz CT molecular complexity index is 283. The summed E-state index contributed by atoms with van der Waals surface area (Å²) in [5.41, 5.74) is -2.56. The van der Waals surface area contributed by atoms with Gasteiger partial charge in [0.25, 0.3) is 6.47 Å². The van der Waals surface area contributed by atoms with E-state index in [2.05, 4.69) is 4.74 Å². The molecule has 0 spiro atoms. The van der Waals surface area contributed by atoms with Gasteiger partial charge in [0, 0.05) is 0 Å². The zero-order chi connectivity index (χ0) is 12.1. The molecular weight excluding hydrogens is 251 g/mol. The first kappa shape index (κ1) is 17.9. The van der Waals surface area contributed by atoms with Crippen LogP contribution < -0.4 is 0 Å². The molecular formula is C7H9KO8. The third kappa shape index (κ3) is 5.56. The van der Waals surface area contributed by atoms with E-state index in [0.29, 0.717) is 0 Å². The van der Waals surface area contributed by atoms with E-state index in [-0.39, 0.29) is 57.9 Å². The number of rotatable bonds is 7. The van der Waals surface area contributed by atoms with Gasteiger partial charge < -0.3 is 20.1 Å². The van der Waals surface area contributed by atoms with Gasteiger partial charge in [-0.1, -0.05) is 0 Å². The van der Waals surface area contributed by atoms with Crippen molar-refractivity contribution in [3.8, 4) is 0 Å². The Balaban J connectivity index is 0. The zero-order valence-electron chi connectivity index (χ0n) is 7.37. The number of aliphatic carboxylic acids is 3. The van der Waals surface area contributed by atoms with Crippen LogP contribution in [0, 0.1) is 0 Å². The summed E-state index contributed by atoms with van der Waals surface area (Å²) in [5.74, 6) is -4.99. The number of carbonyl (C=O) groups excluding carboxylic acids is 1. The van der Waals surface area contributed by atoms with Crippen molar-refractivity contribution < 1.29 is 39.2 Å².